The molecule has 1 amide bonds. The SMILES string of the molecule is N#Cc1ccc(Nc2nc(Cc3c(Cl)cccc3Cl)nc(NC(CCO)C(N)=O)n2)cc1. The first-order valence-corrected chi connectivity index (χ1v) is 10.3. The van der Waals surface area contributed by atoms with Crippen molar-refractivity contribution >= 4 is 46.7 Å². The number of nitrogens with one attached hydrogen (secondary N) is 2. The van der Waals surface area contributed by atoms with Crippen LogP contribution in [0.3, 0.4) is 0 Å². The number of carbonyl (C=O) groups is 1. The summed E-state index contributed by atoms with van der Waals surface area (Å²) in [7, 11) is 0. The Labute approximate surface area is 194 Å². The lowest BCUT2D eigenvalue weighted by Gasteiger charge is -2.16. The summed E-state index contributed by atoms with van der Waals surface area (Å²) in [6.07, 6.45) is 0.296. The standard InChI is InChI=1S/C21H19Cl2N7O2/c22-15-2-1-3-16(23)14(15)10-18-28-20(26-13-6-4-12(11-24)5-7-13)30-21(29-18)27-17(8-9-31)19(25)32/h1-7,17,31H,8-10H2,(H2,25,32)(H2,26,27,28,29,30). The maximum absolute atomic E-state index is 11.7. The molecule has 1 atom stereocenters. The minimum absolute atomic E-state index is 0.0884. The molecule has 32 heavy (non-hydrogen) atoms. The van der Waals surface area contributed by atoms with Crippen molar-refractivity contribution < 1.29 is 9.90 Å². The highest BCUT2D eigenvalue weighted by Gasteiger charge is 2.18. The third-order valence-corrected chi connectivity index (χ3v) is 5.12. The number of carbonyl (C=O) groups excluding carboxylic acids is 1. The normalized spacial score (nSPS) is 11.4. The van der Waals surface area contributed by atoms with Gasteiger partial charge in [-0.25, -0.2) is 0 Å². The first-order chi connectivity index (χ1) is 15.4. The van der Waals surface area contributed by atoms with E-state index < -0.39 is 11.9 Å². The summed E-state index contributed by atoms with van der Waals surface area (Å²) in [4.78, 5) is 24.8. The van der Waals surface area contributed by atoms with Crippen LogP contribution >= 0.6 is 23.2 Å². The van der Waals surface area contributed by atoms with E-state index in [1.165, 1.54) is 0 Å². The number of halogens is 2. The number of nitrogens with zero attached hydrogens (tertiary/aromatic N) is 4. The molecule has 0 fully saturated rings. The summed E-state index contributed by atoms with van der Waals surface area (Å²) in [5, 5.41) is 25.0. The molecule has 5 N–H and O–H groups in total. The highest BCUT2D eigenvalue weighted by molar-refractivity contribution is 6.36. The van der Waals surface area contributed by atoms with E-state index in [2.05, 4.69) is 31.7 Å². The molecule has 3 rings (SSSR count). The average molecular weight is 472 g/mol. The lowest BCUT2D eigenvalue weighted by molar-refractivity contribution is -0.119. The number of primary amides is 1. The van der Waals surface area contributed by atoms with Gasteiger partial charge in [-0.1, -0.05) is 29.3 Å². The summed E-state index contributed by atoms with van der Waals surface area (Å²) in [6.45, 7) is -0.246. The van der Waals surface area contributed by atoms with Crippen molar-refractivity contribution in [3.05, 3.63) is 69.5 Å². The van der Waals surface area contributed by atoms with E-state index in [-0.39, 0.29) is 31.3 Å². The minimum Gasteiger partial charge on any atom is -0.396 e. The van der Waals surface area contributed by atoms with Gasteiger partial charge in [-0.05, 0) is 48.4 Å². The molecule has 0 bridgehead atoms. The van der Waals surface area contributed by atoms with Gasteiger partial charge >= 0.3 is 0 Å². The van der Waals surface area contributed by atoms with Crippen LogP contribution in [-0.4, -0.2) is 38.6 Å². The van der Waals surface area contributed by atoms with Gasteiger partial charge in [0.25, 0.3) is 0 Å². The van der Waals surface area contributed by atoms with Crippen LogP contribution in [0.15, 0.2) is 42.5 Å². The Morgan fingerprint density at radius 3 is 2.34 bits per heavy atom. The van der Waals surface area contributed by atoms with Gasteiger partial charge in [0, 0.05) is 28.8 Å². The molecule has 0 saturated heterocycles. The van der Waals surface area contributed by atoms with Gasteiger partial charge in [0.1, 0.15) is 11.9 Å². The summed E-state index contributed by atoms with van der Waals surface area (Å²) < 4.78 is 0. The molecular formula is C21H19Cl2N7O2. The van der Waals surface area contributed by atoms with Gasteiger partial charge in [-0.15, -0.1) is 0 Å². The molecule has 9 nitrogen and oxygen atoms in total. The predicted octanol–water partition coefficient (Wildman–Crippen LogP) is 3.03. The number of benzene rings is 2. The number of aliphatic hydroxyl groups is 1. The van der Waals surface area contributed by atoms with Crippen LogP contribution in [0.4, 0.5) is 17.6 Å². The molecule has 0 spiro atoms. The van der Waals surface area contributed by atoms with Crippen molar-refractivity contribution in [2.45, 2.75) is 18.9 Å². The van der Waals surface area contributed by atoms with Gasteiger partial charge in [-0.3, -0.25) is 4.79 Å². The number of aromatic nitrogens is 3. The Morgan fingerprint density at radius 1 is 1.09 bits per heavy atom. The molecule has 1 aromatic heterocycles. The van der Waals surface area contributed by atoms with Gasteiger partial charge in [0.05, 0.1) is 11.6 Å². The smallest absolute Gasteiger partial charge is 0.240 e. The number of nitrogens with two attached hydrogens (primary N) is 1. The van der Waals surface area contributed by atoms with Crippen molar-refractivity contribution in [2.75, 3.05) is 17.2 Å². The van der Waals surface area contributed by atoms with Crippen LogP contribution in [0.2, 0.25) is 10.0 Å². The molecule has 164 valence electrons. The minimum atomic E-state index is -0.873. The highest BCUT2D eigenvalue weighted by atomic mass is 35.5. The molecule has 2 aromatic carbocycles. The van der Waals surface area contributed by atoms with E-state index in [0.29, 0.717) is 32.7 Å². The lowest BCUT2D eigenvalue weighted by Crippen LogP contribution is -2.37. The summed E-state index contributed by atoms with van der Waals surface area (Å²) in [5.41, 5.74) is 7.19. The van der Waals surface area contributed by atoms with E-state index in [4.69, 9.17) is 34.2 Å². The number of hydrogen-bond donors (Lipinski definition) is 4. The summed E-state index contributed by atoms with van der Waals surface area (Å²) in [5.74, 6) is -0.0400. The van der Waals surface area contributed by atoms with Gasteiger partial charge in [-0.2, -0.15) is 20.2 Å². The Bertz CT molecular complexity index is 1130. The van der Waals surface area contributed by atoms with Crippen LogP contribution in [-0.2, 0) is 11.2 Å². The first kappa shape index (κ1) is 23.2. The molecule has 3 aromatic rings. The highest BCUT2D eigenvalue weighted by Crippen LogP contribution is 2.27. The average Bonchev–Trinajstić information content (AvgIpc) is 2.76. The Morgan fingerprint density at radius 2 is 1.75 bits per heavy atom. The maximum Gasteiger partial charge on any atom is 0.240 e. The quantitative estimate of drug-likeness (QED) is 0.371. The second-order valence-electron chi connectivity index (χ2n) is 6.70. The monoisotopic (exact) mass is 471 g/mol. The van der Waals surface area contributed by atoms with Crippen LogP contribution in [0.25, 0.3) is 0 Å². The summed E-state index contributed by atoms with van der Waals surface area (Å²) in [6, 6.07) is 13.0. The predicted molar refractivity (Wildman–Crippen MR) is 122 cm³/mol. The fourth-order valence-corrected chi connectivity index (χ4v) is 3.34. The van der Waals surface area contributed by atoms with Crippen molar-refractivity contribution in [2.24, 2.45) is 5.73 Å². The Hall–Kier alpha value is -3.45. The molecule has 1 unspecified atom stereocenters. The number of amides is 1. The molecule has 0 aliphatic carbocycles. The third kappa shape index (κ3) is 6.04. The van der Waals surface area contributed by atoms with Gasteiger partial charge in [0.15, 0.2) is 0 Å². The maximum atomic E-state index is 11.7. The Kier molecular flexibility index (Phi) is 7.78. The lowest BCUT2D eigenvalue weighted by atomic mass is 10.1. The molecule has 0 radical (unpaired) electrons. The Balaban J connectivity index is 1.96. The fraction of sp³-hybridized carbons (Fsp3) is 0.190. The molecule has 0 saturated carbocycles. The van der Waals surface area contributed by atoms with E-state index in [0.717, 1.165) is 0 Å². The molecule has 1 heterocycles. The second-order valence-corrected chi connectivity index (χ2v) is 7.52. The zero-order valence-electron chi connectivity index (χ0n) is 16.7. The zero-order valence-corrected chi connectivity index (χ0v) is 18.2. The number of anilines is 3. The number of nitriles is 1. The molecule has 11 heteroatoms. The first-order valence-electron chi connectivity index (χ1n) is 9.51. The van der Waals surface area contributed by atoms with Crippen LogP contribution in [0, 0.1) is 11.3 Å². The van der Waals surface area contributed by atoms with Crippen LogP contribution in [0.5, 0.6) is 0 Å². The molecule has 0 aliphatic rings. The van der Waals surface area contributed by atoms with Gasteiger partial charge < -0.3 is 21.5 Å². The third-order valence-electron chi connectivity index (χ3n) is 4.41. The second kappa shape index (κ2) is 10.7. The van der Waals surface area contributed by atoms with E-state index in [1.54, 1.807) is 42.5 Å². The number of rotatable bonds is 9. The van der Waals surface area contributed by atoms with E-state index in [1.807, 2.05) is 0 Å². The number of aliphatic hydroxyl groups excluding tert-OH is 1. The van der Waals surface area contributed by atoms with Crippen LogP contribution < -0.4 is 16.4 Å². The molecular weight excluding hydrogens is 453 g/mol. The largest absolute Gasteiger partial charge is 0.396 e. The van der Waals surface area contributed by atoms with E-state index in [9.17, 15) is 9.90 Å². The van der Waals surface area contributed by atoms with Crippen molar-refractivity contribution in [1.82, 2.24) is 15.0 Å². The van der Waals surface area contributed by atoms with Crippen molar-refractivity contribution in [3.63, 3.8) is 0 Å². The van der Waals surface area contributed by atoms with Crippen LogP contribution in [0.1, 0.15) is 23.4 Å². The van der Waals surface area contributed by atoms with Gasteiger partial charge in [0.2, 0.25) is 17.8 Å². The molecule has 0 aliphatic heterocycles. The fourth-order valence-electron chi connectivity index (χ4n) is 2.81. The van der Waals surface area contributed by atoms with E-state index >= 15 is 0 Å². The number of hydrogen-bond acceptors (Lipinski definition) is 8. The summed E-state index contributed by atoms with van der Waals surface area (Å²) >= 11 is 12.6. The topological polar surface area (TPSA) is 150 Å². The van der Waals surface area contributed by atoms with Crippen molar-refractivity contribution in [3.8, 4) is 6.07 Å². The van der Waals surface area contributed by atoms with Crippen molar-refractivity contribution in [1.29, 1.82) is 5.26 Å². The zero-order chi connectivity index (χ0) is 23.1.